The summed E-state index contributed by atoms with van der Waals surface area (Å²) in [5.74, 6) is 1.03. The molecule has 0 aliphatic rings. The summed E-state index contributed by atoms with van der Waals surface area (Å²) in [6, 6.07) is 11.9. The summed E-state index contributed by atoms with van der Waals surface area (Å²) in [4.78, 5) is 4.03. The van der Waals surface area contributed by atoms with E-state index >= 15 is 0 Å². The molecule has 1 N–H and O–H groups in total. The molecule has 0 unspecified atom stereocenters. The molecular weight excluding hydrogens is 252 g/mol. The molecule has 1 aromatic carbocycles. The predicted molar refractivity (Wildman–Crippen MR) is 78.1 cm³/mol. The molecule has 20 heavy (non-hydrogen) atoms. The van der Waals surface area contributed by atoms with E-state index in [0.29, 0.717) is 18.3 Å². The lowest BCUT2D eigenvalue weighted by Gasteiger charge is -2.03. The van der Waals surface area contributed by atoms with Crippen LogP contribution in [0.15, 0.2) is 53.2 Å². The molecule has 0 spiro atoms. The maximum atomic E-state index is 5.59. The predicted octanol–water partition coefficient (Wildman–Crippen LogP) is 3.30. The van der Waals surface area contributed by atoms with E-state index in [0.717, 1.165) is 11.3 Å². The second-order valence-corrected chi connectivity index (χ2v) is 4.46. The van der Waals surface area contributed by atoms with Crippen molar-refractivity contribution < 1.29 is 5.84 Å². The van der Waals surface area contributed by atoms with Crippen molar-refractivity contribution in [2.75, 3.05) is 5.32 Å². The van der Waals surface area contributed by atoms with Gasteiger partial charge in [-0.1, -0.05) is 17.7 Å². The van der Waals surface area contributed by atoms with Gasteiger partial charge in [0.2, 0.25) is 11.8 Å². The van der Waals surface area contributed by atoms with Crippen LogP contribution in [-0.2, 0) is 6.54 Å². The summed E-state index contributed by atoms with van der Waals surface area (Å²) < 4.78 is 5.59. The van der Waals surface area contributed by atoms with E-state index in [1.54, 1.807) is 12.4 Å². The monoisotopic (exact) mass is 268 g/mol. The van der Waals surface area contributed by atoms with Crippen LogP contribution in [-0.4, -0.2) is 15.2 Å². The van der Waals surface area contributed by atoms with E-state index in [1.165, 1.54) is 5.56 Å². The second kappa shape index (κ2) is 5.52. The number of nitrogens with one attached hydrogen (secondary N) is 1. The fourth-order valence-electron chi connectivity index (χ4n) is 1.78. The van der Waals surface area contributed by atoms with Crippen molar-refractivity contribution in [2.45, 2.75) is 13.5 Å². The Balaban J connectivity index is 0.00000161. The van der Waals surface area contributed by atoms with Crippen LogP contribution in [0.1, 0.15) is 12.9 Å². The number of hydrogen-bond donors (Lipinski definition) is 1. The molecule has 0 aliphatic carbocycles. The van der Waals surface area contributed by atoms with Crippen molar-refractivity contribution in [3.05, 3.63) is 60.2 Å². The molecule has 5 nitrogen and oxygen atoms in total. The van der Waals surface area contributed by atoms with Gasteiger partial charge in [-0.2, -0.15) is 0 Å². The number of nitrogens with zero attached hydrogens (tertiary/aromatic N) is 3. The van der Waals surface area contributed by atoms with Gasteiger partial charge in [0.25, 0.3) is 0 Å². The molecule has 5 heteroatoms. The summed E-state index contributed by atoms with van der Waals surface area (Å²) >= 11 is 0. The van der Waals surface area contributed by atoms with Gasteiger partial charge in [0, 0.05) is 19.5 Å². The number of aryl methyl sites for hydroxylation is 1. The first kappa shape index (κ1) is 12.3. The summed E-state index contributed by atoms with van der Waals surface area (Å²) in [5, 5.41) is 11.3. The number of benzene rings is 1. The Kier molecular flexibility index (Phi) is 3.41. The molecule has 0 aliphatic heterocycles. The molecular formula is C15H16N4O. The van der Waals surface area contributed by atoms with Gasteiger partial charge < -0.3 is 9.73 Å². The van der Waals surface area contributed by atoms with Crippen LogP contribution in [0, 0.1) is 6.92 Å². The van der Waals surface area contributed by atoms with Crippen LogP contribution < -0.4 is 5.32 Å². The van der Waals surface area contributed by atoms with Gasteiger partial charge >= 0.3 is 0 Å². The summed E-state index contributed by atoms with van der Waals surface area (Å²) in [6.07, 6.45) is 3.41. The minimum absolute atomic E-state index is 0. The Morgan fingerprint density at radius 2 is 2.00 bits per heavy atom. The van der Waals surface area contributed by atoms with Gasteiger partial charge in [0.15, 0.2) is 0 Å². The lowest BCUT2D eigenvalue weighted by Crippen LogP contribution is -1.99. The van der Waals surface area contributed by atoms with Crippen LogP contribution in [0.25, 0.3) is 11.5 Å². The number of hydrogen-bond acceptors (Lipinski definition) is 5. The fraction of sp³-hybridized carbons (Fsp3) is 0.133. The molecule has 0 atom stereocenters. The largest absolute Gasteiger partial charge is 0.419 e. The number of rotatable bonds is 4. The number of pyridine rings is 1. The number of anilines is 1. The molecule has 102 valence electrons. The van der Waals surface area contributed by atoms with Crippen molar-refractivity contribution >= 4 is 5.69 Å². The van der Waals surface area contributed by atoms with E-state index in [2.05, 4.69) is 39.6 Å². The van der Waals surface area contributed by atoms with Gasteiger partial charge in [-0.3, -0.25) is 4.98 Å². The first-order valence-electron chi connectivity index (χ1n) is 6.34. The minimum atomic E-state index is 0. The summed E-state index contributed by atoms with van der Waals surface area (Å²) in [6.45, 7) is 2.55. The lowest BCUT2D eigenvalue weighted by molar-refractivity contribution is 0.515. The first-order valence-corrected chi connectivity index (χ1v) is 6.34. The van der Waals surface area contributed by atoms with Gasteiger partial charge in [-0.05, 0) is 31.2 Å². The van der Waals surface area contributed by atoms with Crippen LogP contribution in [0.4, 0.5) is 5.69 Å². The summed E-state index contributed by atoms with van der Waals surface area (Å²) in [7, 11) is 0. The molecule has 2 aromatic heterocycles. The van der Waals surface area contributed by atoms with E-state index in [4.69, 9.17) is 4.42 Å². The van der Waals surface area contributed by atoms with Gasteiger partial charge in [0.05, 0.1) is 12.1 Å². The molecule has 0 fully saturated rings. The third kappa shape index (κ3) is 2.83. The van der Waals surface area contributed by atoms with Crippen molar-refractivity contribution in [3.8, 4) is 11.5 Å². The average Bonchev–Trinajstić information content (AvgIpc) is 2.97. The molecule has 0 saturated heterocycles. The molecule has 0 bridgehead atoms. The molecule has 0 saturated carbocycles. The molecule has 3 rings (SSSR count). The normalized spacial score (nSPS) is 10.4. The highest BCUT2D eigenvalue weighted by Gasteiger charge is 2.07. The third-order valence-corrected chi connectivity index (χ3v) is 2.87. The Morgan fingerprint density at radius 1 is 1.15 bits per heavy atom. The highest BCUT2D eigenvalue weighted by molar-refractivity contribution is 5.50. The van der Waals surface area contributed by atoms with E-state index in [1.807, 2.05) is 24.3 Å². The Labute approximate surface area is 118 Å². The van der Waals surface area contributed by atoms with Crippen LogP contribution in [0.2, 0.25) is 0 Å². The zero-order valence-corrected chi connectivity index (χ0v) is 11.1. The fourth-order valence-corrected chi connectivity index (χ4v) is 1.78. The Morgan fingerprint density at radius 3 is 2.75 bits per heavy atom. The van der Waals surface area contributed by atoms with Crippen LogP contribution >= 0.6 is 0 Å². The molecule has 2 heterocycles. The highest BCUT2D eigenvalue weighted by atomic mass is 16.4. The standard InChI is InChI=1S/C15H14N4O.H2/c1-11-4-6-13(7-5-11)17-10-14-18-19-15(20-14)12-3-2-8-16-9-12;/h2-9,17H,10H2,1H3;1H. The maximum Gasteiger partial charge on any atom is 0.249 e. The van der Waals surface area contributed by atoms with Crippen LogP contribution in [0.3, 0.4) is 0 Å². The lowest BCUT2D eigenvalue weighted by atomic mass is 10.2. The number of aromatic nitrogens is 3. The van der Waals surface area contributed by atoms with Crippen molar-refractivity contribution in [1.82, 2.24) is 15.2 Å². The second-order valence-electron chi connectivity index (χ2n) is 4.46. The Bertz CT molecular complexity index is 682. The minimum Gasteiger partial charge on any atom is -0.419 e. The van der Waals surface area contributed by atoms with E-state index in [-0.39, 0.29) is 1.43 Å². The smallest absolute Gasteiger partial charge is 0.249 e. The quantitative estimate of drug-likeness (QED) is 0.786. The van der Waals surface area contributed by atoms with Crippen molar-refractivity contribution in [1.29, 1.82) is 0 Å². The Hall–Kier alpha value is -2.69. The summed E-state index contributed by atoms with van der Waals surface area (Å²) in [5.41, 5.74) is 3.07. The molecule has 3 aromatic rings. The highest BCUT2D eigenvalue weighted by Crippen LogP contribution is 2.16. The zero-order chi connectivity index (χ0) is 13.8. The maximum absolute atomic E-state index is 5.59. The average molecular weight is 268 g/mol. The van der Waals surface area contributed by atoms with Gasteiger partial charge in [-0.15, -0.1) is 10.2 Å². The molecule has 0 amide bonds. The van der Waals surface area contributed by atoms with E-state index in [9.17, 15) is 0 Å². The van der Waals surface area contributed by atoms with Crippen LogP contribution in [0.5, 0.6) is 0 Å². The topological polar surface area (TPSA) is 63.8 Å². The SMILES string of the molecule is Cc1ccc(NCc2nnc(-c3cccnc3)o2)cc1.[HH]. The third-order valence-electron chi connectivity index (χ3n) is 2.87. The first-order chi connectivity index (χ1) is 9.81. The van der Waals surface area contributed by atoms with Crippen molar-refractivity contribution in [3.63, 3.8) is 0 Å². The van der Waals surface area contributed by atoms with Crippen molar-refractivity contribution in [2.24, 2.45) is 0 Å². The molecule has 0 radical (unpaired) electrons. The van der Waals surface area contributed by atoms with E-state index < -0.39 is 0 Å². The zero-order valence-electron chi connectivity index (χ0n) is 11.1. The van der Waals surface area contributed by atoms with Gasteiger partial charge in [0.1, 0.15) is 0 Å². The van der Waals surface area contributed by atoms with Gasteiger partial charge in [-0.25, -0.2) is 0 Å².